The lowest BCUT2D eigenvalue weighted by atomic mass is 10.1. The maximum atomic E-state index is 13.3. The highest BCUT2D eigenvalue weighted by Crippen LogP contribution is 2.26. The third-order valence-electron chi connectivity index (χ3n) is 4.48. The number of carbonyl (C=O) groups excluding carboxylic acids is 2. The minimum atomic E-state index is -1.05. The van der Waals surface area contributed by atoms with Crippen molar-refractivity contribution in [3.8, 4) is 0 Å². The molecule has 150 valence electrons. The van der Waals surface area contributed by atoms with E-state index in [1.807, 2.05) is 25.1 Å². The van der Waals surface area contributed by atoms with Gasteiger partial charge in [-0.05, 0) is 56.7 Å². The van der Waals surface area contributed by atoms with Gasteiger partial charge in [-0.15, -0.1) is 0 Å². The van der Waals surface area contributed by atoms with Gasteiger partial charge in [0.1, 0.15) is 6.54 Å². The van der Waals surface area contributed by atoms with Crippen molar-refractivity contribution in [1.29, 1.82) is 0 Å². The number of benzene rings is 2. The number of nitrogens with zero attached hydrogens (tertiary/aromatic N) is 2. The molecule has 0 aliphatic rings. The summed E-state index contributed by atoms with van der Waals surface area (Å²) in [7, 11) is 0. The molecule has 0 unspecified atom stereocenters. The zero-order valence-electron chi connectivity index (χ0n) is 16.6. The number of hydrogen-bond acceptors (Lipinski definition) is 3. The Balaban J connectivity index is 2.19. The van der Waals surface area contributed by atoms with E-state index in [1.54, 1.807) is 0 Å². The molecular weight excluding hydrogens is 364 g/mol. The van der Waals surface area contributed by atoms with Crippen LogP contribution in [0.1, 0.15) is 26.3 Å². The summed E-state index contributed by atoms with van der Waals surface area (Å²) in [6, 6.07) is 8.80. The summed E-state index contributed by atoms with van der Waals surface area (Å²) in [5.74, 6) is -2.84. The van der Waals surface area contributed by atoms with Crippen molar-refractivity contribution in [1.82, 2.24) is 0 Å². The van der Waals surface area contributed by atoms with Crippen LogP contribution in [0, 0.1) is 18.6 Å². The summed E-state index contributed by atoms with van der Waals surface area (Å²) < 4.78 is 26.3. The Bertz CT molecular complexity index is 867. The van der Waals surface area contributed by atoms with Crippen LogP contribution in [0.25, 0.3) is 0 Å². The average Bonchev–Trinajstić information content (AvgIpc) is 2.64. The minimum absolute atomic E-state index is 0.126. The Kier molecular flexibility index (Phi) is 7.09. The molecule has 0 atom stereocenters. The summed E-state index contributed by atoms with van der Waals surface area (Å²) in [6.07, 6.45) is 0. The van der Waals surface area contributed by atoms with Crippen molar-refractivity contribution in [2.75, 3.05) is 34.8 Å². The maximum Gasteiger partial charge on any atom is 0.244 e. The smallest absolute Gasteiger partial charge is 0.244 e. The third kappa shape index (κ3) is 5.06. The largest absolute Gasteiger partial charge is 0.372 e. The molecule has 0 fully saturated rings. The molecule has 0 radical (unpaired) electrons. The number of carbonyl (C=O) groups is 2. The first kappa shape index (κ1) is 21.3. The molecule has 0 saturated heterocycles. The van der Waals surface area contributed by atoms with Crippen molar-refractivity contribution in [2.24, 2.45) is 0 Å². The normalized spacial score (nSPS) is 10.5. The second-order valence-electron chi connectivity index (χ2n) is 6.43. The molecule has 2 amide bonds. The lowest BCUT2D eigenvalue weighted by molar-refractivity contribution is -0.120. The Morgan fingerprint density at radius 2 is 1.68 bits per heavy atom. The fourth-order valence-electron chi connectivity index (χ4n) is 3.01. The Labute approximate surface area is 163 Å². The van der Waals surface area contributed by atoms with E-state index in [9.17, 15) is 18.4 Å². The first-order valence-corrected chi connectivity index (χ1v) is 9.15. The SMILES string of the molecule is CCN(CC)c1ccc(N(CC(=O)Nc2ccc(F)c(F)c2)C(C)=O)c(C)c1. The van der Waals surface area contributed by atoms with Gasteiger partial charge in [0.2, 0.25) is 11.8 Å². The molecule has 0 aliphatic carbocycles. The molecule has 2 aromatic rings. The highest BCUT2D eigenvalue weighted by molar-refractivity contribution is 6.02. The van der Waals surface area contributed by atoms with E-state index in [0.29, 0.717) is 5.69 Å². The lowest BCUT2D eigenvalue weighted by Crippen LogP contribution is -2.37. The van der Waals surface area contributed by atoms with E-state index in [4.69, 9.17) is 0 Å². The zero-order chi connectivity index (χ0) is 20.8. The Morgan fingerprint density at radius 3 is 2.21 bits per heavy atom. The van der Waals surface area contributed by atoms with Crippen LogP contribution in [-0.4, -0.2) is 31.4 Å². The molecule has 0 spiro atoms. The number of nitrogens with one attached hydrogen (secondary N) is 1. The Morgan fingerprint density at radius 1 is 1.00 bits per heavy atom. The predicted molar refractivity (Wildman–Crippen MR) is 108 cm³/mol. The van der Waals surface area contributed by atoms with E-state index in [1.165, 1.54) is 17.9 Å². The van der Waals surface area contributed by atoms with E-state index >= 15 is 0 Å². The van der Waals surface area contributed by atoms with E-state index in [-0.39, 0.29) is 18.1 Å². The number of halogens is 2. The topological polar surface area (TPSA) is 52.6 Å². The average molecular weight is 389 g/mol. The fraction of sp³-hybridized carbons (Fsp3) is 0.333. The Hall–Kier alpha value is -2.96. The number of rotatable bonds is 7. The van der Waals surface area contributed by atoms with Gasteiger partial charge in [0, 0.05) is 43.1 Å². The summed E-state index contributed by atoms with van der Waals surface area (Å²) in [4.78, 5) is 28.0. The summed E-state index contributed by atoms with van der Waals surface area (Å²) in [5, 5.41) is 2.48. The van der Waals surface area contributed by atoms with Gasteiger partial charge < -0.3 is 15.1 Å². The number of anilines is 3. The summed E-state index contributed by atoms with van der Waals surface area (Å²) in [6.45, 7) is 8.88. The zero-order valence-corrected chi connectivity index (χ0v) is 16.6. The van der Waals surface area contributed by atoms with Crippen LogP contribution in [0.4, 0.5) is 25.8 Å². The van der Waals surface area contributed by atoms with Gasteiger partial charge in [0.05, 0.1) is 0 Å². The quantitative estimate of drug-likeness (QED) is 0.775. The van der Waals surface area contributed by atoms with Crippen molar-refractivity contribution >= 4 is 28.9 Å². The van der Waals surface area contributed by atoms with Gasteiger partial charge in [0.15, 0.2) is 11.6 Å². The molecule has 7 heteroatoms. The van der Waals surface area contributed by atoms with E-state index in [0.717, 1.165) is 36.5 Å². The van der Waals surface area contributed by atoms with Crippen LogP contribution in [0.2, 0.25) is 0 Å². The molecule has 5 nitrogen and oxygen atoms in total. The summed E-state index contributed by atoms with van der Waals surface area (Å²) in [5.41, 5.74) is 2.66. The van der Waals surface area contributed by atoms with Crippen molar-refractivity contribution < 1.29 is 18.4 Å². The molecule has 1 N–H and O–H groups in total. The molecule has 0 saturated carbocycles. The van der Waals surface area contributed by atoms with Gasteiger partial charge >= 0.3 is 0 Å². The van der Waals surface area contributed by atoms with Crippen LogP contribution in [0.3, 0.4) is 0 Å². The first-order chi connectivity index (χ1) is 13.3. The van der Waals surface area contributed by atoms with Crippen molar-refractivity contribution in [2.45, 2.75) is 27.7 Å². The molecule has 2 aromatic carbocycles. The lowest BCUT2D eigenvalue weighted by Gasteiger charge is -2.26. The van der Waals surface area contributed by atoms with Crippen LogP contribution in [0.5, 0.6) is 0 Å². The second kappa shape index (κ2) is 9.30. The van der Waals surface area contributed by atoms with Gasteiger partial charge in [-0.1, -0.05) is 0 Å². The highest BCUT2D eigenvalue weighted by Gasteiger charge is 2.19. The van der Waals surface area contributed by atoms with Gasteiger partial charge in [-0.25, -0.2) is 8.78 Å². The van der Waals surface area contributed by atoms with Crippen molar-refractivity contribution in [3.63, 3.8) is 0 Å². The van der Waals surface area contributed by atoms with Crippen LogP contribution < -0.4 is 15.1 Å². The minimum Gasteiger partial charge on any atom is -0.372 e. The highest BCUT2D eigenvalue weighted by atomic mass is 19.2. The summed E-state index contributed by atoms with van der Waals surface area (Å²) >= 11 is 0. The first-order valence-electron chi connectivity index (χ1n) is 9.15. The maximum absolute atomic E-state index is 13.3. The monoisotopic (exact) mass is 389 g/mol. The molecule has 28 heavy (non-hydrogen) atoms. The van der Waals surface area contributed by atoms with Gasteiger partial charge in [-0.3, -0.25) is 9.59 Å². The molecule has 0 heterocycles. The van der Waals surface area contributed by atoms with Crippen LogP contribution in [0.15, 0.2) is 36.4 Å². The van der Waals surface area contributed by atoms with E-state index in [2.05, 4.69) is 24.1 Å². The number of amides is 2. The molecule has 0 bridgehead atoms. The van der Waals surface area contributed by atoms with Crippen LogP contribution in [-0.2, 0) is 9.59 Å². The second-order valence-corrected chi connectivity index (χ2v) is 6.43. The molecule has 0 aliphatic heterocycles. The van der Waals surface area contributed by atoms with Crippen molar-refractivity contribution in [3.05, 3.63) is 53.6 Å². The van der Waals surface area contributed by atoms with E-state index < -0.39 is 17.5 Å². The number of hydrogen-bond donors (Lipinski definition) is 1. The van der Waals surface area contributed by atoms with Gasteiger partial charge in [0.25, 0.3) is 0 Å². The molecule has 0 aromatic heterocycles. The number of aryl methyl sites for hydroxylation is 1. The predicted octanol–water partition coefficient (Wildman–Crippen LogP) is 4.11. The van der Waals surface area contributed by atoms with Crippen LogP contribution >= 0.6 is 0 Å². The van der Waals surface area contributed by atoms with Gasteiger partial charge in [-0.2, -0.15) is 0 Å². The molecule has 2 rings (SSSR count). The third-order valence-corrected chi connectivity index (χ3v) is 4.48. The standard InChI is InChI=1S/C21H25F2N3O2/c1-5-25(6-2)17-8-10-20(14(3)11-17)26(15(4)27)13-21(28)24-16-7-9-18(22)19(23)12-16/h7-12H,5-6,13H2,1-4H3,(H,24,28). The molecular formula is C21H25F2N3O2. The fourth-order valence-corrected chi connectivity index (χ4v) is 3.01.